The van der Waals surface area contributed by atoms with Gasteiger partial charge in [-0.05, 0) is 35.6 Å². The van der Waals surface area contributed by atoms with Crippen molar-refractivity contribution in [2.75, 3.05) is 18.3 Å². The lowest BCUT2D eigenvalue weighted by molar-refractivity contribution is 0.174. The third kappa shape index (κ3) is 3.28. The van der Waals surface area contributed by atoms with Gasteiger partial charge in [-0.2, -0.15) is 11.3 Å². The number of thiophene rings is 1. The molecule has 1 N–H and O–H groups in total. The maximum atomic E-state index is 11.7. The second-order valence-corrected chi connectivity index (χ2v) is 9.90. The predicted octanol–water partition coefficient (Wildman–Crippen LogP) is 2.97. The summed E-state index contributed by atoms with van der Waals surface area (Å²) in [7, 11) is -2.90. The molecule has 8 heteroatoms. The van der Waals surface area contributed by atoms with Crippen LogP contribution in [-0.2, 0) is 16.4 Å². The minimum atomic E-state index is -2.90. The van der Waals surface area contributed by atoms with Crippen LogP contribution >= 0.6 is 11.3 Å². The van der Waals surface area contributed by atoms with Crippen molar-refractivity contribution >= 4 is 32.1 Å². The van der Waals surface area contributed by atoms with E-state index >= 15 is 0 Å². The van der Waals surface area contributed by atoms with Crippen LogP contribution in [0.2, 0.25) is 0 Å². The molecule has 2 aliphatic rings. The highest BCUT2D eigenvalue weighted by Gasteiger charge is 2.27. The number of aromatic nitrogens is 1. The molecule has 140 valence electrons. The molecule has 5 rings (SSSR count). The van der Waals surface area contributed by atoms with Crippen molar-refractivity contribution in [1.29, 1.82) is 0 Å². The fourth-order valence-electron chi connectivity index (χ4n) is 3.60. The highest BCUT2D eigenvalue weighted by molar-refractivity contribution is 7.91. The van der Waals surface area contributed by atoms with Crippen molar-refractivity contribution in [2.45, 2.75) is 19.0 Å². The molecule has 1 saturated heterocycles. The van der Waals surface area contributed by atoms with Gasteiger partial charge in [-0.1, -0.05) is 0 Å². The van der Waals surface area contributed by atoms with E-state index in [0.717, 1.165) is 33.5 Å². The van der Waals surface area contributed by atoms with Crippen molar-refractivity contribution in [3.63, 3.8) is 0 Å². The van der Waals surface area contributed by atoms with E-state index in [9.17, 15) is 8.42 Å². The Bertz CT molecular complexity index is 1110. The molecule has 27 heavy (non-hydrogen) atoms. The van der Waals surface area contributed by atoms with E-state index in [2.05, 4.69) is 22.8 Å². The lowest BCUT2D eigenvalue weighted by Gasteiger charge is -2.14. The van der Waals surface area contributed by atoms with Crippen molar-refractivity contribution < 1.29 is 17.9 Å². The smallest absolute Gasteiger partial charge is 0.231 e. The molecular formula is C19H18N2O4S2. The van der Waals surface area contributed by atoms with E-state index in [-0.39, 0.29) is 24.3 Å². The summed E-state index contributed by atoms with van der Waals surface area (Å²) in [5, 5.41) is 8.49. The minimum Gasteiger partial charge on any atom is -0.454 e. The Morgan fingerprint density at radius 3 is 2.81 bits per heavy atom. The van der Waals surface area contributed by atoms with Crippen LogP contribution in [0.1, 0.15) is 12.0 Å². The molecule has 0 saturated carbocycles. The number of benzene rings is 1. The molecule has 0 bridgehead atoms. The first-order valence-corrected chi connectivity index (χ1v) is 11.5. The van der Waals surface area contributed by atoms with Crippen molar-refractivity contribution in [1.82, 2.24) is 10.3 Å². The summed E-state index contributed by atoms with van der Waals surface area (Å²) in [6.07, 6.45) is 0.663. The maximum Gasteiger partial charge on any atom is 0.231 e. The van der Waals surface area contributed by atoms with Gasteiger partial charge in [0.2, 0.25) is 6.79 Å². The normalized spacial score (nSPS) is 20.4. The van der Waals surface area contributed by atoms with Crippen molar-refractivity contribution in [3.8, 4) is 22.8 Å². The van der Waals surface area contributed by atoms with Gasteiger partial charge in [0.25, 0.3) is 0 Å². The summed E-state index contributed by atoms with van der Waals surface area (Å²) in [6, 6.07) is 8.01. The standard InChI is InChI=1S/C19H18N2O4S2/c22-27(23)4-2-15(10-27)20-8-14-5-13-6-17-18(25-11-24-17)7-16(13)21-19(14)12-1-3-26-9-12/h1,3,5-7,9,15,20H,2,4,8,10-11H2/t15-/m1/s1. The molecule has 0 aliphatic carbocycles. The topological polar surface area (TPSA) is 77.5 Å². The number of ether oxygens (including phenoxy) is 2. The summed E-state index contributed by atoms with van der Waals surface area (Å²) >= 11 is 1.63. The Kier molecular flexibility index (Phi) is 4.07. The predicted molar refractivity (Wildman–Crippen MR) is 105 cm³/mol. The van der Waals surface area contributed by atoms with Crippen molar-refractivity contribution in [2.24, 2.45) is 0 Å². The van der Waals surface area contributed by atoms with Crippen LogP contribution < -0.4 is 14.8 Å². The summed E-state index contributed by atoms with van der Waals surface area (Å²) in [5.74, 6) is 1.92. The second kappa shape index (κ2) is 6.47. The zero-order chi connectivity index (χ0) is 18.4. The molecule has 2 aromatic heterocycles. The maximum absolute atomic E-state index is 11.7. The van der Waals surface area contributed by atoms with E-state index in [1.54, 1.807) is 11.3 Å². The lowest BCUT2D eigenvalue weighted by atomic mass is 10.0. The monoisotopic (exact) mass is 402 g/mol. The van der Waals surface area contributed by atoms with Crippen LogP contribution in [0.4, 0.5) is 0 Å². The van der Waals surface area contributed by atoms with Gasteiger partial charge < -0.3 is 14.8 Å². The van der Waals surface area contributed by atoms with Crippen LogP contribution in [0, 0.1) is 0 Å². The number of nitrogens with one attached hydrogen (secondary N) is 1. The van der Waals surface area contributed by atoms with E-state index in [0.29, 0.717) is 18.7 Å². The first-order chi connectivity index (χ1) is 13.1. The first-order valence-electron chi connectivity index (χ1n) is 8.77. The van der Waals surface area contributed by atoms with Gasteiger partial charge in [0.05, 0.1) is 22.7 Å². The Hall–Kier alpha value is -2.16. The number of hydrogen-bond donors (Lipinski definition) is 1. The van der Waals surface area contributed by atoms with E-state index in [4.69, 9.17) is 14.5 Å². The fourth-order valence-corrected chi connectivity index (χ4v) is 5.95. The zero-order valence-corrected chi connectivity index (χ0v) is 16.1. The molecule has 0 spiro atoms. The van der Waals surface area contributed by atoms with Crippen LogP contribution in [0.15, 0.2) is 35.0 Å². The highest BCUT2D eigenvalue weighted by atomic mass is 32.2. The van der Waals surface area contributed by atoms with Gasteiger partial charge in [0.1, 0.15) is 0 Å². The number of fused-ring (bicyclic) bond motifs is 2. The Balaban J connectivity index is 1.52. The van der Waals surface area contributed by atoms with E-state index in [1.165, 1.54) is 0 Å². The summed E-state index contributed by atoms with van der Waals surface area (Å²) in [5.41, 5.74) is 3.88. The van der Waals surface area contributed by atoms with Crippen molar-refractivity contribution in [3.05, 3.63) is 40.6 Å². The summed E-state index contributed by atoms with van der Waals surface area (Å²) in [4.78, 5) is 4.88. The number of hydrogen-bond acceptors (Lipinski definition) is 7. The summed E-state index contributed by atoms with van der Waals surface area (Å²) in [6.45, 7) is 0.802. The molecule has 1 atom stereocenters. The molecule has 2 aliphatic heterocycles. The number of nitrogens with zero attached hydrogens (tertiary/aromatic N) is 1. The number of rotatable bonds is 4. The lowest BCUT2D eigenvalue weighted by Crippen LogP contribution is -2.29. The van der Waals surface area contributed by atoms with Gasteiger partial charge in [-0.15, -0.1) is 0 Å². The molecule has 6 nitrogen and oxygen atoms in total. The average Bonchev–Trinajstić information content (AvgIpc) is 3.38. The van der Waals surface area contributed by atoms with E-state index in [1.807, 2.05) is 17.5 Å². The fraction of sp³-hybridized carbons (Fsp3) is 0.316. The number of sulfone groups is 1. The molecule has 1 aromatic carbocycles. The molecule has 0 radical (unpaired) electrons. The molecule has 1 fully saturated rings. The molecule has 4 heterocycles. The largest absolute Gasteiger partial charge is 0.454 e. The molecule has 3 aromatic rings. The Labute approximate surface area is 161 Å². The van der Waals surface area contributed by atoms with Crippen LogP contribution in [-0.4, -0.2) is 37.7 Å². The van der Waals surface area contributed by atoms with Gasteiger partial charge >= 0.3 is 0 Å². The first kappa shape index (κ1) is 17.0. The molecule has 0 amide bonds. The van der Waals surface area contributed by atoms with Gasteiger partial charge in [0.15, 0.2) is 21.3 Å². The van der Waals surface area contributed by atoms with Crippen LogP contribution in [0.5, 0.6) is 11.5 Å². The zero-order valence-electron chi connectivity index (χ0n) is 14.5. The van der Waals surface area contributed by atoms with Crippen LogP contribution in [0.3, 0.4) is 0 Å². The number of pyridine rings is 1. The van der Waals surface area contributed by atoms with Gasteiger partial charge in [0, 0.05) is 35.0 Å². The average molecular weight is 402 g/mol. The molecular weight excluding hydrogens is 384 g/mol. The SMILES string of the molecule is O=S1(=O)CC[C@@H](NCc2cc3cc4c(cc3nc2-c2ccsc2)OCO4)C1. The summed E-state index contributed by atoms with van der Waals surface area (Å²) < 4.78 is 34.4. The molecule has 0 unspecified atom stereocenters. The quantitative estimate of drug-likeness (QED) is 0.723. The third-order valence-corrected chi connectivity index (χ3v) is 7.45. The third-order valence-electron chi connectivity index (χ3n) is 5.00. The second-order valence-electron chi connectivity index (χ2n) is 6.89. The van der Waals surface area contributed by atoms with Gasteiger partial charge in [-0.3, -0.25) is 0 Å². The Morgan fingerprint density at radius 1 is 1.22 bits per heavy atom. The van der Waals surface area contributed by atoms with E-state index < -0.39 is 9.84 Å². The Morgan fingerprint density at radius 2 is 2.07 bits per heavy atom. The minimum absolute atomic E-state index is 0.00206. The highest BCUT2D eigenvalue weighted by Crippen LogP contribution is 2.37. The van der Waals surface area contributed by atoms with Crippen LogP contribution in [0.25, 0.3) is 22.2 Å². The van der Waals surface area contributed by atoms with Gasteiger partial charge in [-0.25, -0.2) is 13.4 Å².